The molecule has 1 heterocycles. The van der Waals surface area contributed by atoms with Gasteiger partial charge in [0.05, 0.1) is 6.33 Å². The van der Waals surface area contributed by atoms with Gasteiger partial charge in [-0.05, 0) is 12.8 Å². The van der Waals surface area contributed by atoms with E-state index in [9.17, 15) is 8.42 Å². The Bertz CT molecular complexity index is 516. The molecule has 19 heavy (non-hydrogen) atoms. The van der Waals surface area contributed by atoms with Crippen LogP contribution in [-0.4, -0.2) is 30.1 Å². The summed E-state index contributed by atoms with van der Waals surface area (Å²) in [6.07, 6.45) is 9.22. The summed E-state index contributed by atoms with van der Waals surface area (Å²) in [6, 6.07) is 0. The molecule has 1 saturated carbocycles. The number of hydrogen-bond donors (Lipinski definition) is 2. The van der Waals surface area contributed by atoms with E-state index in [0.717, 1.165) is 25.7 Å². The zero-order valence-electron chi connectivity index (χ0n) is 11.3. The van der Waals surface area contributed by atoms with E-state index in [0.29, 0.717) is 0 Å². The van der Waals surface area contributed by atoms with Crippen molar-refractivity contribution in [2.75, 3.05) is 6.54 Å². The summed E-state index contributed by atoms with van der Waals surface area (Å²) in [5, 5.41) is 0.0484. The Morgan fingerprint density at radius 1 is 1.37 bits per heavy atom. The van der Waals surface area contributed by atoms with Crippen molar-refractivity contribution in [3.05, 3.63) is 12.5 Å². The lowest BCUT2D eigenvalue weighted by molar-refractivity contribution is 0.369. The second-order valence-corrected chi connectivity index (χ2v) is 7.19. The standard InChI is InChI=1S/C12H22N4O2S/c1-16-8-11(14-10-16)19(17,18)15-9-12(13)6-4-2-3-5-7-12/h8,10,15H,2-7,9,13H2,1H3. The molecule has 0 saturated heterocycles. The number of hydrogen-bond acceptors (Lipinski definition) is 4. The molecule has 0 bridgehead atoms. The van der Waals surface area contributed by atoms with Crippen molar-refractivity contribution in [3.63, 3.8) is 0 Å². The molecule has 0 radical (unpaired) electrons. The fraction of sp³-hybridized carbons (Fsp3) is 0.750. The molecule has 3 N–H and O–H groups in total. The molecule has 1 aromatic rings. The van der Waals surface area contributed by atoms with Crippen LogP contribution in [0.2, 0.25) is 0 Å². The molecule has 0 unspecified atom stereocenters. The van der Waals surface area contributed by atoms with E-state index >= 15 is 0 Å². The molecule has 1 fully saturated rings. The van der Waals surface area contributed by atoms with Gasteiger partial charge >= 0.3 is 0 Å². The minimum absolute atomic E-state index is 0.0484. The van der Waals surface area contributed by atoms with Gasteiger partial charge in [0.25, 0.3) is 10.0 Å². The van der Waals surface area contributed by atoms with Crippen LogP contribution >= 0.6 is 0 Å². The molecule has 2 rings (SSSR count). The predicted molar refractivity (Wildman–Crippen MR) is 73.0 cm³/mol. The van der Waals surface area contributed by atoms with Gasteiger partial charge in [0.2, 0.25) is 0 Å². The average Bonchev–Trinajstić information content (AvgIpc) is 2.68. The monoisotopic (exact) mass is 286 g/mol. The van der Waals surface area contributed by atoms with Crippen LogP contribution in [0.25, 0.3) is 0 Å². The fourth-order valence-corrected chi connectivity index (χ4v) is 3.57. The zero-order chi connectivity index (χ0) is 13.9. The molecule has 0 aliphatic heterocycles. The summed E-state index contributed by atoms with van der Waals surface area (Å²) in [7, 11) is -1.81. The number of nitrogens with one attached hydrogen (secondary N) is 1. The maximum Gasteiger partial charge on any atom is 0.259 e. The zero-order valence-corrected chi connectivity index (χ0v) is 12.1. The SMILES string of the molecule is Cn1cnc(S(=O)(=O)NCC2(N)CCCCCC2)c1. The smallest absolute Gasteiger partial charge is 0.259 e. The van der Waals surface area contributed by atoms with Gasteiger partial charge in [-0.1, -0.05) is 25.7 Å². The van der Waals surface area contributed by atoms with E-state index in [1.807, 2.05) is 0 Å². The number of sulfonamides is 1. The third kappa shape index (κ3) is 3.77. The van der Waals surface area contributed by atoms with Gasteiger partial charge in [-0.3, -0.25) is 0 Å². The number of aryl methyl sites for hydroxylation is 1. The second-order valence-electron chi connectivity index (χ2n) is 5.48. The van der Waals surface area contributed by atoms with E-state index in [1.54, 1.807) is 11.6 Å². The van der Waals surface area contributed by atoms with E-state index < -0.39 is 15.6 Å². The van der Waals surface area contributed by atoms with Gasteiger partial charge in [0.1, 0.15) is 0 Å². The second kappa shape index (κ2) is 5.60. The number of aromatic nitrogens is 2. The summed E-state index contributed by atoms with van der Waals surface area (Å²) >= 11 is 0. The van der Waals surface area contributed by atoms with Crippen LogP contribution in [0.4, 0.5) is 0 Å². The predicted octanol–water partition coefficient (Wildman–Crippen LogP) is 0.750. The van der Waals surface area contributed by atoms with E-state index in [2.05, 4.69) is 9.71 Å². The van der Waals surface area contributed by atoms with Crippen molar-refractivity contribution >= 4 is 10.0 Å². The van der Waals surface area contributed by atoms with Gasteiger partial charge in [-0.25, -0.2) is 18.1 Å². The van der Waals surface area contributed by atoms with Crippen molar-refractivity contribution in [3.8, 4) is 0 Å². The number of nitrogens with two attached hydrogens (primary N) is 1. The Morgan fingerprint density at radius 2 is 2.00 bits per heavy atom. The fourth-order valence-electron chi connectivity index (χ4n) is 2.45. The molecule has 0 amide bonds. The average molecular weight is 286 g/mol. The number of nitrogens with zero attached hydrogens (tertiary/aromatic N) is 2. The van der Waals surface area contributed by atoms with Crippen molar-refractivity contribution in [2.24, 2.45) is 12.8 Å². The van der Waals surface area contributed by atoms with Crippen LogP contribution < -0.4 is 10.5 Å². The lowest BCUT2D eigenvalue weighted by Gasteiger charge is -2.27. The maximum absolute atomic E-state index is 12.1. The van der Waals surface area contributed by atoms with Crippen molar-refractivity contribution in [2.45, 2.75) is 49.1 Å². The van der Waals surface area contributed by atoms with Crippen molar-refractivity contribution in [1.82, 2.24) is 14.3 Å². The first-order valence-electron chi connectivity index (χ1n) is 6.68. The lowest BCUT2D eigenvalue weighted by atomic mass is 9.92. The minimum Gasteiger partial charge on any atom is -0.339 e. The topological polar surface area (TPSA) is 90.0 Å². The molecule has 1 aliphatic rings. The minimum atomic E-state index is -3.55. The van der Waals surface area contributed by atoms with Crippen LogP contribution in [0.5, 0.6) is 0 Å². The first-order chi connectivity index (χ1) is 8.91. The summed E-state index contributed by atoms with van der Waals surface area (Å²) in [5.41, 5.74) is 5.88. The molecule has 6 nitrogen and oxygen atoms in total. The summed E-state index contributed by atoms with van der Waals surface area (Å²) in [5.74, 6) is 0. The quantitative estimate of drug-likeness (QED) is 0.799. The third-order valence-corrected chi connectivity index (χ3v) is 4.96. The van der Waals surface area contributed by atoms with Gasteiger partial charge in [-0.15, -0.1) is 0 Å². The highest BCUT2D eigenvalue weighted by Gasteiger charge is 2.28. The molecule has 0 spiro atoms. The Morgan fingerprint density at radius 3 is 2.53 bits per heavy atom. The van der Waals surface area contributed by atoms with Crippen LogP contribution in [0.15, 0.2) is 17.6 Å². The number of imidazole rings is 1. The van der Waals surface area contributed by atoms with Crippen molar-refractivity contribution in [1.29, 1.82) is 0 Å². The molecular formula is C12H22N4O2S. The van der Waals surface area contributed by atoms with E-state index in [1.165, 1.54) is 25.4 Å². The Hall–Kier alpha value is -0.920. The molecule has 1 aliphatic carbocycles. The van der Waals surface area contributed by atoms with Gasteiger partial charge in [-0.2, -0.15) is 0 Å². The molecule has 0 atom stereocenters. The highest BCUT2D eigenvalue weighted by atomic mass is 32.2. The summed E-state index contributed by atoms with van der Waals surface area (Å²) in [6.45, 7) is 0.284. The Labute approximate surface area is 114 Å². The third-order valence-electron chi connectivity index (χ3n) is 3.67. The largest absolute Gasteiger partial charge is 0.339 e. The van der Waals surface area contributed by atoms with Crippen molar-refractivity contribution < 1.29 is 8.42 Å². The molecule has 108 valence electrons. The summed E-state index contributed by atoms with van der Waals surface area (Å²) in [4.78, 5) is 3.86. The molecule has 7 heteroatoms. The van der Waals surface area contributed by atoms with E-state index in [-0.39, 0.29) is 11.6 Å². The highest BCUT2D eigenvalue weighted by Crippen LogP contribution is 2.24. The summed E-state index contributed by atoms with van der Waals surface area (Å²) < 4.78 is 28.4. The van der Waals surface area contributed by atoms with Crippen LogP contribution in [0.3, 0.4) is 0 Å². The van der Waals surface area contributed by atoms with Gasteiger partial charge in [0, 0.05) is 25.3 Å². The van der Waals surface area contributed by atoms with Crippen LogP contribution in [0, 0.1) is 0 Å². The highest BCUT2D eigenvalue weighted by molar-refractivity contribution is 7.89. The normalized spacial score (nSPS) is 20.1. The van der Waals surface area contributed by atoms with Crippen LogP contribution in [-0.2, 0) is 17.1 Å². The van der Waals surface area contributed by atoms with Gasteiger partial charge < -0.3 is 10.3 Å². The maximum atomic E-state index is 12.1. The first kappa shape index (κ1) is 14.5. The Kier molecular flexibility index (Phi) is 4.27. The van der Waals surface area contributed by atoms with Gasteiger partial charge in [0.15, 0.2) is 5.03 Å². The van der Waals surface area contributed by atoms with E-state index in [4.69, 9.17) is 5.73 Å². The molecular weight excluding hydrogens is 264 g/mol. The lowest BCUT2D eigenvalue weighted by Crippen LogP contribution is -2.49. The Balaban J connectivity index is 2.01. The molecule has 1 aromatic heterocycles. The number of rotatable bonds is 4. The molecule has 0 aromatic carbocycles. The first-order valence-corrected chi connectivity index (χ1v) is 8.16. The van der Waals surface area contributed by atoms with Crippen LogP contribution in [0.1, 0.15) is 38.5 Å².